The van der Waals surface area contributed by atoms with Gasteiger partial charge in [-0.05, 0) is 49.1 Å². The van der Waals surface area contributed by atoms with Gasteiger partial charge in [0.15, 0.2) is 5.16 Å². The second kappa shape index (κ2) is 8.65. The van der Waals surface area contributed by atoms with Crippen molar-refractivity contribution in [2.24, 2.45) is 5.92 Å². The lowest BCUT2D eigenvalue weighted by Crippen LogP contribution is -2.16. The van der Waals surface area contributed by atoms with E-state index >= 15 is 0 Å². The molecule has 0 saturated carbocycles. The van der Waals surface area contributed by atoms with E-state index in [-0.39, 0.29) is 23.0 Å². The lowest BCUT2D eigenvalue weighted by Gasteiger charge is -2.12. The Morgan fingerprint density at radius 3 is 2.62 bits per heavy atom. The summed E-state index contributed by atoms with van der Waals surface area (Å²) >= 11 is 1.33. The van der Waals surface area contributed by atoms with E-state index in [1.807, 2.05) is 38.1 Å². The van der Waals surface area contributed by atoms with Crippen LogP contribution in [0.4, 0.5) is 11.4 Å². The number of nitrogens with one attached hydrogen (secondary N) is 1. The Balaban J connectivity index is 1.78. The summed E-state index contributed by atoms with van der Waals surface area (Å²) < 4.78 is 2.12. The molecule has 7 nitrogen and oxygen atoms in total. The highest BCUT2D eigenvalue weighted by molar-refractivity contribution is 7.99. The van der Waals surface area contributed by atoms with Gasteiger partial charge in [0.1, 0.15) is 5.69 Å². The second-order valence-corrected chi connectivity index (χ2v) is 8.38. The molecule has 0 fully saturated rings. The number of fused-ring (bicyclic) bond motifs is 1. The molecule has 2 aromatic carbocycles. The van der Waals surface area contributed by atoms with E-state index in [2.05, 4.69) is 28.7 Å². The van der Waals surface area contributed by atoms with Gasteiger partial charge in [-0.25, -0.2) is 4.98 Å². The van der Waals surface area contributed by atoms with Crippen molar-refractivity contribution >= 4 is 40.1 Å². The molecule has 0 aliphatic heterocycles. The van der Waals surface area contributed by atoms with Gasteiger partial charge in [0.05, 0.1) is 21.7 Å². The number of carbonyl (C=O) groups excluding carboxylic acids is 1. The lowest BCUT2D eigenvalue weighted by molar-refractivity contribution is -0.384. The van der Waals surface area contributed by atoms with Crippen molar-refractivity contribution in [2.45, 2.75) is 39.4 Å². The van der Waals surface area contributed by atoms with E-state index in [1.54, 1.807) is 6.07 Å². The van der Waals surface area contributed by atoms with Gasteiger partial charge in [-0.15, -0.1) is 0 Å². The van der Waals surface area contributed by atoms with Crippen molar-refractivity contribution in [2.75, 3.05) is 11.1 Å². The number of anilines is 1. The van der Waals surface area contributed by atoms with Crippen LogP contribution in [0, 0.1) is 29.9 Å². The number of aromatic nitrogens is 2. The third-order valence-electron chi connectivity index (χ3n) is 4.58. The Kier molecular flexibility index (Phi) is 6.22. The molecule has 1 heterocycles. The van der Waals surface area contributed by atoms with E-state index in [1.165, 1.54) is 17.8 Å². The maximum Gasteiger partial charge on any atom is 0.293 e. The fourth-order valence-electron chi connectivity index (χ4n) is 3.07. The molecule has 0 aliphatic carbocycles. The summed E-state index contributed by atoms with van der Waals surface area (Å²) in [6.45, 7) is 8.73. The average Bonchev–Trinajstić information content (AvgIpc) is 2.99. The minimum absolute atomic E-state index is 0.0986. The third-order valence-corrected chi connectivity index (χ3v) is 5.56. The lowest BCUT2D eigenvalue weighted by atomic mass is 10.1. The van der Waals surface area contributed by atoms with E-state index in [0.29, 0.717) is 5.92 Å². The molecule has 0 saturated heterocycles. The molecule has 0 bridgehead atoms. The molecule has 0 unspecified atom stereocenters. The first-order valence-corrected chi connectivity index (χ1v) is 10.4. The highest BCUT2D eigenvalue weighted by atomic mass is 32.2. The quantitative estimate of drug-likeness (QED) is 0.337. The molecule has 0 atom stereocenters. The molecule has 3 rings (SSSR count). The van der Waals surface area contributed by atoms with E-state index < -0.39 is 4.92 Å². The van der Waals surface area contributed by atoms with Crippen LogP contribution in [0.5, 0.6) is 0 Å². The number of imidazole rings is 1. The summed E-state index contributed by atoms with van der Waals surface area (Å²) in [6.07, 6.45) is 0. The molecule has 0 spiro atoms. The standard InChI is InChI=1S/C21H24N4O3S/c1-13(2)11-24-18-8-6-5-7-16(18)23-21(24)29-12-20(26)22-17-9-14(3)15(4)10-19(17)25(27)28/h5-10,13H,11-12H2,1-4H3,(H,22,26). The first kappa shape index (κ1) is 20.9. The van der Waals surface area contributed by atoms with Crippen molar-refractivity contribution in [1.82, 2.24) is 9.55 Å². The van der Waals surface area contributed by atoms with E-state index in [4.69, 9.17) is 0 Å². The molecular weight excluding hydrogens is 388 g/mol. The zero-order valence-electron chi connectivity index (χ0n) is 16.9. The number of amides is 1. The number of rotatable bonds is 7. The van der Waals surface area contributed by atoms with Crippen LogP contribution in [0.25, 0.3) is 11.0 Å². The minimum Gasteiger partial charge on any atom is -0.320 e. The molecule has 152 valence electrons. The molecule has 8 heteroatoms. The van der Waals surface area contributed by atoms with Crippen LogP contribution >= 0.6 is 11.8 Å². The van der Waals surface area contributed by atoms with E-state index in [0.717, 1.165) is 33.9 Å². The zero-order chi connectivity index (χ0) is 21.1. The van der Waals surface area contributed by atoms with Crippen molar-refractivity contribution < 1.29 is 9.72 Å². The minimum atomic E-state index is -0.475. The molecule has 0 radical (unpaired) electrons. The topological polar surface area (TPSA) is 90.1 Å². The number of hydrogen-bond donors (Lipinski definition) is 1. The van der Waals surface area contributed by atoms with Crippen LogP contribution in [0.2, 0.25) is 0 Å². The highest BCUT2D eigenvalue weighted by Crippen LogP contribution is 2.29. The summed E-state index contributed by atoms with van der Waals surface area (Å²) in [5, 5.41) is 14.8. The van der Waals surface area contributed by atoms with Gasteiger partial charge in [-0.3, -0.25) is 14.9 Å². The Hall–Kier alpha value is -2.87. The number of benzene rings is 2. The number of para-hydroxylation sites is 2. The van der Waals surface area contributed by atoms with Crippen molar-refractivity contribution in [3.8, 4) is 0 Å². The number of carbonyl (C=O) groups is 1. The first-order valence-electron chi connectivity index (χ1n) is 9.39. The summed E-state index contributed by atoms with van der Waals surface area (Å²) in [6, 6.07) is 11.0. The fraction of sp³-hybridized carbons (Fsp3) is 0.333. The maximum atomic E-state index is 12.5. The average molecular weight is 413 g/mol. The third kappa shape index (κ3) is 4.76. The van der Waals surface area contributed by atoms with Crippen molar-refractivity contribution in [1.29, 1.82) is 0 Å². The van der Waals surface area contributed by atoms with E-state index in [9.17, 15) is 14.9 Å². The zero-order valence-corrected chi connectivity index (χ0v) is 17.7. The van der Waals surface area contributed by atoms with Crippen LogP contribution in [0.1, 0.15) is 25.0 Å². The highest BCUT2D eigenvalue weighted by Gasteiger charge is 2.19. The van der Waals surface area contributed by atoms with Crippen LogP contribution in [-0.2, 0) is 11.3 Å². The predicted octanol–water partition coefficient (Wildman–Crippen LogP) is 4.95. The maximum absolute atomic E-state index is 12.5. The summed E-state index contributed by atoms with van der Waals surface area (Å²) in [7, 11) is 0. The molecule has 0 aliphatic rings. The Labute approximate surface area is 173 Å². The van der Waals surface area contributed by atoms with Crippen LogP contribution < -0.4 is 5.32 Å². The number of thioether (sulfide) groups is 1. The number of hydrogen-bond acceptors (Lipinski definition) is 5. The van der Waals surface area contributed by atoms with Gasteiger partial charge in [0.25, 0.3) is 5.69 Å². The normalized spacial score (nSPS) is 11.2. The van der Waals surface area contributed by atoms with Gasteiger partial charge in [0, 0.05) is 12.6 Å². The number of nitro groups is 1. The molecule has 1 amide bonds. The molecule has 1 N–H and O–H groups in total. The van der Waals surface area contributed by atoms with Gasteiger partial charge < -0.3 is 9.88 Å². The Morgan fingerprint density at radius 2 is 1.93 bits per heavy atom. The Morgan fingerprint density at radius 1 is 1.24 bits per heavy atom. The number of nitrogens with zero attached hydrogens (tertiary/aromatic N) is 3. The predicted molar refractivity (Wildman–Crippen MR) is 116 cm³/mol. The summed E-state index contributed by atoms with van der Waals surface area (Å²) in [5.41, 5.74) is 3.75. The fourth-order valence-corrected chi connectivity index (χ4v) is 3.90. The van der Waals surface area contributed by atoms with Gasteiger partial charge in [-0.1, -0.05) is 37.7 Å². The van der Waals surface area contributed by atoms with Gasteiger partial charge >= 0.3 is 0 Å². The Bertz CT molecular complexity index is 1080. The smallest absolute Gasteiger partial charge is 0.293 e. The first-order chi connectivity index (χ1) is 13.8. The second-order valence-electron chi connectivity index (χ2n) is 7.44. The van der Waals surface area contributed by atoms with Gasteiger partial charge in [0.2, 0.25) is 5.91 Å². The largest absolute Gasteiger partial charge is 0.320 e. The van der Waals surface area contributed by atoms with Crippen molar-refractivity contribution in [3.05, 3.63) is 57.6 Å². The number of aryl methyl sites for hydroxylation is 2. The van der Waals surface area contributed by atoms with Gasteiger partial charge in [-0.2, -0.15) is 0 Å². The van der Waals surface area contributed by atoms with Crippen LogP contribution in [0.3, 0.4) is 0 Å². The summed E-state index contributed by atoms with van der Waals surface area (Å²) in [5.74, 6) is 0.245. The molecule has 29 heavy (non-hydrogen) atoms. The monoisotopic (exact) mass is 412 g/mol. The number of nitro benzene ring substituents is 1. The molecular formula is C21H24N4O3S. The SMILES string of the molecule is Cc1cc(NC(=O)CSc2nc3ccccc3n2CC(C)C)c([N+](=O)[O-])cc1C. The van der Waals surface area contributed by atoms with Crippen LogP contribution in [-0.4, -0.2) is 26.1 Å². The molecule has 1 aromatic heterocycles. The van der Waals surface area contributed by atoms with Crippen LogP contribution in [0.15, 0.2) is 41.6 Å². The molecule has 3 aromatic rings. The van der Waals surface area contributed by atoms with Crippen molar-refractivity contribution in [3.63, 3.8) is 0 Å². The summed E-state index contributed by atoms with van der Waals surface area (Å²) in [4.78, 5) is 28.0.